The van der Waals surface area contributed by atoms with Crippen molar-refractivity contribution in [2.45, 2.75) is 50.7 Å². The molecule has 1 aliphatic heterocycles. The highest BCUT2D eigenvalue weighted by Gasteiger charge is 2.40. The van der Waals surface area contributed by atoms with E-state index in [0.29, 0.717) is 24.6 Å². The highest BCUT2D eigenvalue weighted by molar-refractivity contribution is 6.33. The molecule has 0 aromatic carbocycles. The molecule has 2 saturated carbocycles. The van der Waals surface area contributed by atoms with Gasteiger partial charge in [-0.1, -0.05) is 18.5 Å². The van der Waals surface area contributed by atoms with Crippen LogP contribution in [0.4, 0.5) is 13.2 Å². The predicted molar refractivity (Wildman–Crippen MR) is 107 cm³/mol. The molecule has 0 radical (unpaired) electrons. The Hall–Kier alpha value is -2.29. The maximum Gasteiger partial charge on any atom is 0.419 e. The molecule has 0 unspecified atom stereocenters. The van der Waals surface area contributed by atoms with Crippen molar-refractivity contribution in [1.82, 2.24) is 19.2 Å². The van der Waals surface area contributed by atoms with E-state index in [-0.39, 0.29) is 35.3 Å². The van der Waals surface area contributed by atoms with Crippen LogP contribution in [-0.4, -0.2) is 56.7 Å². The van der Waals surface area contributed by atoms with Gasteiger partial charge in [-0.2, -0.15) is 13.2 Å². The molecule has 2 aromatic heterocycles. The molecule has 3 heterocycles. The van der Waals surface area contributed by atoms with Crippen LogP contribution < -0.4 is 0 Å². The predicted octanol–water partition coefficient (Wildman–Crippen LogP) is 3.97. The zero-order chi connectivity index (χ0) is 22.1. The van der Waals surface area contributed by atoms with E-state index in [2.05, 4.69) is 11.9 Å². The number of imidazole rings is 1. The second-order valence-corrected chi connectivity index (χ2v) is 9.31. The molecule has 5 rings (SSSR count). The minimum Gasteiger partial charge on any atom is -0.336 e. The van der Waals surface area contributed by atoms with Crippen LogP contribution in [-0.2, 0) is 11.0 Å². The summed E-state index contributed by atoms with van der Waals surface area (Å²) in [5.41, 5.74) is -1.01. The zero-order valence-electron chi connectivity index (χ0n) is 17.0. The van der Waals surface area contributed by atoms with Gasteiger partial charge in [0.05, 0.1) is 5.56 Å². The van der Waals surface area contributed by atoms with Gasteiger partial charge in [-0.25, -0.2) is 4.98 Å². The molecule has 1 saturated heterocycles. The van der Waals surface area contributed by atoms with Crippen LogP contribution in [0, 0.1) is 5.92 Å². The van der Waals surface area contributed by atoms with Crippen molar-refractivity contribution in [2.24, 2.45) is 5.92 Å². The summed E-state index contributed by atoms with van der Waals surface area (Å²) < 4.78 is 42.2. The van der Waals surface area contributed by atoms with Crippen LogP contribution >= 0.6 is 11.6 Å². The summed E-state index contributed by atoms with van der Waals surface area (Å²) in [5, 5.41) is -0.157. The lowest BCUT2D eigenvalue weighted by molar-refractivity contribution is -0.140. The SMILES string of the molecule is C[C@H]1C[C@@H](N2CCN(C(=O)c3nc4c(C(F)(F)F)cc(C5CC5)cn4c3Cl)CC2=O)C1. The number of fused-ring (bicyclic) bond motifs is 1. The fraction of sp³-hybridized carbons (Fsp3) is 0.571. The minimum atomic E-state index is -4.62. The Morgan fingerprint density at radius 3 is 2.52 bits per heavy atom. The van der Waals surface area contributed by atoms with E-state index >= 15 is 0 Å². The summed E-state index contributed by atoms with van der Waals surface area (Å²) in [5.74, 6) is -0.103. The van der Waals surface area contributed by atoms with Crippen LogP contribution in [0.5, 0.6) is 0 Å². The number of piperazine rings is 1. The van der Waals surface area contributed by atoms with E-state index in [4.69, 9.17) is 11.6 Å². The largest absolute Gasteiger partial charge is 0.419 e. The molecule has 0 bridgehead atoms. The molecule has 3 aliphatic rings. The molecule has 6 nitrogen and oxygen atoms in total. The fourth-order valence-corrected chi connectivity index (χ4v) is 4.88. The second kappa shape index (κ2) is 7.12. The van der Waals surface area contributed by atoms with Gasteiger partial charge in [-0.15, -0.1) is 0 Å². The maximum atomic E-state index is 13.7. The van der Waals surface area contributed by atoms with Gasteiger partial charge in [-0.05, 0) is 49.1 Å². The number of pyridine rings is 1. The topological polar surface area (TPSA) is 57.9 Å². The second-order valence-electron chi connectivity index (χ2n) is 8.95. The number of halogens is 4. The molecule has 0 spiro atoms. The first-order chi connectivity index (χ1) is 14.6. The van der Waals surface area contributed by atoms with Crippen molar-refractivity contribution in [3.8, 4) is 0 Å². The van der Waals surface area contributed by atoms with Gasteiger partial charge in [0.2, 0.25) is 5.91 Å². The number of amides is 2. The number of hydrogen-bond acceptors (Lipinski definition) is 3. The number of aromatic nitrogens is 2. The normalized spacial score (nSPS) is 24.6. The van der Waals surface area contributed by atoms with Crippen LogP contribution in [0.3, 0.4) is 0 Å². The number of nitrogens with zero attached hydrogens (tertiary/aromatic N) is 4. The van der Waals surface area contributed by atoms with Crippen molar-refractivity contribution < 1.29 is 22.8 Å². The quantitative estimate of drug-likeness (QED) is 0.705. The van der Waals surface area contributed by atoms with Gasteiger partial charge < -0.3 is 9.80 Å². The fourth-order valence-electron chi connectivity index (χ4n) is 4.63. The van der Waals surface area contributed by atoms with Crippen LogP contribution in [0.2, 0.25) is 5.15 Å². The standard InChI is InChI=1S/C21H22ClF3N4O2/c1-11-6-14(7-11)28-5-4-27(10-16(28)30)20(31)17-18(22)29-9-13(12-2-3-12)8-15(19(29)26-17)21(23,24)25/h8-9,11-12,14H,2-7,10H2,1H3/t11-,14+. The molecule has 0 N–H and O–H groups in total. The third kappa shape index (κ3) is 3.56. The summed E-state index contributed by atoms with van der Waals surface area (Å²) >= 11 is 6.34. The minimum absolute atomic E-state index is 0.0723. The Morgan fingerprint density at radius 2 is 1.94 bits per heavy atom. The molecule has 2 aliphatic carbocycles. The summed E-state index contributed by atoms with van der Waals surface area (Å²) in [4.78, 5) is 32.7. The Kier molecular flexibility index (Phi) is 4.73. The molecule has 3 fully saturated rings. The molecule has 0 atom stereocenters. The lowest BCUT2D eigenvalue weighted by Crippen LogP contribution is -2.58. The van der Waals surface area contributed by atoms with Gasteiger partial charge in [0, 0.05) is 25.3 Å². The van der Waals surface area contributed by atoms with Crippen molar-refractivity contribution >= 4 is 29.1 Å². The van der Waals surface area contributed by atoms with Gasteiger partial charge in [-0.3, -0.25) is 14.0 Å². The molecular weight excluding hydrogens is 433 g/mol. The van der Waals surface area contributed by atoms with E-state index < -0.39 is 23.3 Å². The average Bonchev–Trinajstić information content (AvgIpc) is 3.48. The third-order valence-electron chi connectivity index (χ3n) is 6.57. The summed E-state index contributed by atoms with van der Waals surface area (Å²) in [6, 6.07) is 1.32. The van der Waals surface area contributed by atoms with E-state index in [0.717, 1.165) is 36.2 Å². The smallest absolute Gasteiger partial charge is 0.336 e. The zero-order valence-corrected chi connectivity index (χ0v) is 17.7. The number of alkyl halides is 3. The van der Waals surface area contributed by atoms with Crippen LogP contribution in [0.15, 0.2) is 12.3 Å². The maximum absolute atomic E-state index is 13.7. The number of carbonyl (C=O) groups excluding carboxylic acids is 2. The first-order valence-electron chi connectivity index (χ1n) is 10.5. The first kappa shape index (κ1) is 20.6. The molecule has 2 aromatic rings. The van der Waals surface area contributed by atoms with Crippen molar-refractivity contribution in [3.63, 3.8) is 0 Å². The molecular formula is C21H22ClF3N4O2. The summed E-state index contributed by atoms with van der Waals surface area (Å²) in [6.07, 6.45) is 0.487. The van der Waals surface area contributed by atoms with Gasteiger partial charge in [0.1, 0.15) is 11.7 Å². The van der Waals surface area contributed by atoms with E-state index in [1.807, 2.05) is 0 Å². The number of rotatable bonds is 3. The molecule has 31 heavy (non-hydrogen) atoms. The number of hydrogen-bond donors (Lipinski definition) is 0. The Balaban J connectivity index is 1.44. The molecule has 10 heteroatoms. The molecule has 166 valence electrons. The van der Waals surface area contributed by atoms with E-state index in [1.54, 1.807) is 4.90 Å². The van der Waals surface area contributed by atoms with Gasteiger partial charge in [0.15, 0.2) is 11.3 Å². The highest BCUT2D eigenvalue weighted by Crippen LogP contribution is 2.43. The summed E-state index contributed by atoms with van der Waals surface area (Å²) in [6.45, 7) is 2.73. The van der Waals surface area contributed by atoms with E-state index in [1.165, 1.54) is 11.1 Å². The van der Waals surface area contributed by atoms with Gasteiger partial charge >= 0.3 is 6.18 Å². The van der Waals surface area contributed by atoms with Crippen LogP contribution in [0.1, 0.15) is 60.1 Å². The van der Waals surface area contributed by atoms with Crippen molar-refractivity contribution in [3.05, 3.63) is 34.2 Å². The molecule has 2 amide bonds. The Morgan fingerprint density at radius 1 is 1.23 bits per heavy atom. The van der Waals surface area contributed by atoms with Crippen LogP contribution in [0.25, 0.3) is 5.65 Å². The first-order valence-corrected chi connectivity index (χ1v) is 10.9. The monoisotopic (exact) mass is 454 g/mol. The number of carbonyl (C=O) groups is 2. The lowest BCUT2D eigenvalue weighted by atomic mass is 9.80. The van der Waals surface area contributed by atoms with E-state index in [9.17, 15) is 22.8 Å². The lowest BCUT2D eigenvalue weighted by Gasteiger charge is -2.45. The third-order valence-corrected chi connectivity index (χ3v) is 6.93. The average molecular weight is 455 g/mol. The Labute approximate surface area is 182 Å². The highest BCUT2D eigenvalue weighted by atomic mass is 35.5. The summed E-state index contributed by atoms with van der Waals surface area (Å²) in [7, 11) is 0. The Bertz CT molecular complexity index is 1070. The van der Waals surface area contributed by atoms with Crippen molar-refractivity contribution in [2.75, 3.05) is 19.6 Å². The van der Waals surface area contributed by atoms with Crippen molar-refractivity contribution in [1.29, 1.82) is 0 Å². The van der Waals surface area contributed by atoms with Gasteiger partial charge in [0.25, 0.3) is 5.91 Å².